The van der Waals surface area contributed by atoms with Gasteiger partial charge in [-0.1, -0.05) is 43.0 Å². The first-order valence-corrected chi connectivity index (χ1v) is 12.0. The maximum Gasteiger partial charge on any atom is 0.0166 e. The van der Waals surface area contributed by atoms with E-state index in [1.807, 2.05) is 6.20 Å². The third-order valence-electron chi connectivity index (χ3n) is 8.69. The van der Waals surface area contributed by atoms with Gasteiger partial charge >= 0.3 is 0 Å². The molecule has 6 aliphatic rings. The topological polar surface area (TPSA) is 12.9 Å². The molecule has 31 heavy (non-hydrogen) atoms. The van der Waals surface area contributed by atoms with E-state index >= 15 is 0 Å². The van der Waals surface area contributed by atoms with Crippen molar-refractivity contribution in [1.82, 2.24) is 4.98 Å². The van der Waals surface area contributed by atoms with E-state index in [1.54, 1.807) is 22.3 Å². The van der Waals surface area contributed by atoms with Crippen molar-refractivity contribution in [2.24, 2.45) is 0 Å². The van der Waals surface area contributed by atoms with Crippen molar-refractivity contribution in [3.8, 4) is 22.4 Å². The molecule has 0 aliphatic heterocycles. The van der Waals surface area contributed by atoms with Crippen LogP contribution in [0.2, 0.25) is 0 Å². The second-order valence-corrected chi connectivity index (χ2v) is 10.1. The van der Waals surface area contributed by atoms with E-state index in [-0.39, 0.29) is 20.1 Å². The zero-order chi connectivity index (χ0) is 19.7. The molecule has 0 spiro atoms. The third-order valence-corrected chi connectivity index (χ3v) is 8.69. The first-order valence-electron chi connectivity index (χ1n) is 12.0. The van der Waals surface area contributed by atoms with Crippen LogP contribution in [0.5, 0.6) is 0 Å². The molecule has 1 heterocycles. The molecule has 2 heteroatoms. The molecule has 1 aromatic heterocycles. The average Bonchev–Trinajstić information content (AvgIpc) is 2.85. The van der Waals surface area contributed by atoms with E-state index in [9.17, 15) is 0 Å². The van der Waals surface area contributed by atoms with Gasteiger partial charge in [0.15, 0.2) is 0 Å². The molecule has 2 fully saturated rings. The third kappa shape index (κ3) is 3.18. The van der Waals surface area contributed by atoms with Crippen molar-refractivity contribution in [2.75, 3.05) is 0 Å². The summed E-state index contributed by atoms with van der Waals surface area (Å²) in [5.74, 6) is 3.14. The van der Waals surface area contributed by atoms with Crippen molar-refractivity contribution in [1.29, 1.82) is 0 Å². The fourth-order valence-corrected chi connectivity index (χ4v) is 7.04. The van der Waals surface area contributed by atoms with Gasteiger partial charge in [0.25, 0.3) is 0 Å². The summed E-state index contributed by atoms with van der Waals surface area (Å²) >= 11 is 0. The fourth-order valence-electron chi connectivity index (χ4n) is 7.04. The van der Waals surface area contributed by atoms with Gasteiger partial charge in [0.2, 0.25) is 0 Å². The fraction of sp³-hybridized carbons (Fsp3) is 0.414. The standard InChI is InChI=1S/C29H28N.Ir/c1-5-20-6-2-18(1)25-11-9-22(15-27(20)25)23-13-14-30-29(17-23)24-10-12-26-19-3-7-21(8-4-19)28(26)16-24;/h9,11-21H,1-8H2;/q-1;. The van der Waals surface area contributed by atoms with Crippen LogP contribution in [0.1, 0.15) is 97.3 Å². The molecule has 0 amide bonds. The quantitative estimate of drug-likeness (QED) is 0.282. The number of aromatic nitrogens is 1. The predicted octanol–water partition coefficient (Wildman–Crippen LogP) is 7.72. The number of benzene rings is 2. The molecule has 0 N–H and O–H groups in total. The van der Waals surface area contributed by atoms with Crippen LogP contribution in [-0.4, -0.2) is 4.98 Å². The molecule has 6 aliphatic carbocycles. The van der Waals surface area contributed by atoms with Crippen LogP contribution in [-0.2, 0) is 20.1 Å². The summed E-state index contributed by atoms with van der Waals surface area (Å²) in [6, 6.07) is 20.0. The molecule has 1 nitrogen and oxygen atoms in total. The van der Waals surface area contributed by atoms with Crippen LogP contribution in [0.4, 0.5) is 0 Å². The normalized spacial score (nSPS) is 27.4. The Kier molecular flexibility index (Phi) is 4.93. The minimum absolute atomic E-state index is 0. The summed E-state index contributed by atoms with van der Waals surface area (Å²) in [7, 11) is 0. The van der Waals surface area contributed by atoms with Gasteiger partial charge in [-0.3, -0.25) is 0 Å². The Morgan fingerprint density at radius 3 is 1.90 bits per heavy atom. The summed E-state index contributed by atoms with van der Waals surface area (Å²) in [6.07, 6.45) is 13.0. The molecule has 0 unspecified atom stereocenters. The number of fused-ring (bicyclic) bond motifs is 4. The van der Waals surface area contributed by atoms with Crippen LogP contribution >= 0.6 is 0 Å². The first kappa shape index (κ1) is 19.9. The zero-order valence-electron chi connectivity index (χ0n) is 17.9. The van der Waals surface area contributed by atoms with Gasteiger partial charge in [-0.15, -0.1) is 34.9 Å². The van der Waals surface area contributed by atoms with E-state index in [0.717, 1.165) is 29.4 Å². The van der Waals surface area contributed by atoms with Crippen LogP contribution < -0.4 is 0 Å². The molecule has 1 radical (unpaired) electrons. The molecule has 2 aromatic carbocycles. The van der Waals surface area contributed by atoms with Crippen LogP contribution in [0, 0.1) is 6.07 Å². The van der Waals surface area contributed by atoms with E-state index in [2.05, 4.69) is 48.5 Å². The van der Waals surface area contributed by atoms with Gasteiger partial charge < -0.3 is 4.98 Å². The summed E-state index contributed by atoms with van der Waals surface area (Å²) in [5.41, 5.74) is 11.3. The van der Waals surface area contributed by atoms with Crippen molar-refractivity contribution in [3.63, 3.8) is 0 Å². The van der Waals surface area contributed by atoms with Gasteiger partial charge in [0.05, 0.1) is 0 Å². The smallest absolute Gasteiger partial charge is 0.0166 e. The molecule has 0 saturated heterocycles. The Hall–Kier alpha value is -1.76. The molecular formula is C29H28IrN-. The number of rotatable bonds is 2. The average molecular weight is 583 g/mol. The van der Waals surface area contributed by atoms with Gasteiger partial charge in [-0.2, -0.15) is 0 Å². The van der Waals surface area contributed by atoms with Crippen molar-refractivity contribution >= 4 is 0 Å². The molecule has 159 valence electrons. The zero-order valence-corrected chi connectivity index (χ0v) is 20.3. The van der Waals surface area contributed by atoms with Crippen LogP contribution in [0.25, 0.3) is 22.4 Å². The molecule has 4 bridgehead atoms. The Morgan fingerprint density at radius 1 is 0.613 bits per heavy atom. The van der Waals surface area contributed by atoms with Gasteiger partial charge in [0.1, 0.15) is 0 Å². The Balaban J connectivity index is 0.00000185. The minimum Gasteiger partial charge on any atom is -0.305 e. The van der Waals surface area contributed by atoms with Crippen molar-refractivity contribution in [2.45, 2.75) is 75.0 Å². The summed E-state index contributed by atoms with van der Waals surface area (Å²) in [5, 5.41) is 0. The number of pyridine rings is 1. The van der Waals surface area contributed by atoms with Crippen LogP contribution in [0.3, 0.4) is 0 Å². The first-order chi connectivity index (χ1) is 14.8. The molecular weight excluding hydrogens is 555 g/mol. The van der Waals surface area contributed by atoms with E-state index in [4.69, 9.17) is 4.98 Å². The Bertz CT molecular complexity index is 1050. The van der Waals surface area contributed by atoms with Gasteiger partial charge in [0, 0.05) is 26.3 Å². The van der Waals surface area contributed by atoms with Gasteiger partial charge in [-0.05, 0) is 90.3 Å². The SMILES string of the molecule is [Ir].[c-]1cc2c(cc1-c1cc(-c3ccc4c(c3)C3CCC4CC3)ccn1)C1CCC2CC1. The van der Waals surface area contributed by atoms with E-state index in [1.165, 1.54) is 68.1 Å². The second kappa shape index (κ2) is 7.68. The molecule has 3 aromatic rings. The number of hydrogen-bond acceptors (Lipinski definition) is 1. The molecule has 2 saturated carbocycles. The Labute approximate surface area is 199 Å². The maximum absolute atomic E-state index is 4.74. The minimum atomic E-state index is 0. The maximum atomic E-state index is 4.74. The summed E-state index contributed by atoms with van der Waals surface area (Å²) < 4.78 is 0. The van der Waals surface area contributed by atoms with Crippen molar-refractivity contribution in [3.05, 3.63) is 77.0 Å². The predicted molar refractivity (Wildman–Crippen MR) is 122 cm³/mol. The number of hydrogen-bond donors (Lipinski definition) is 0. The molecule has 9 rings (SSSR count). The Morgan fingerprint density at radius 2 is 1.19 bits per heavy atom. The molecule has 0 atom stereocenters. The number of nitrogens with zero attached hydrogens (tertiary/aromatic N) is 1. The summed E-state index contributed by atoms with van der Waals surface area (Å²) in [6.45, 7) is 0. The summed E-state index contributed by atoms with van der Waals surface area (Å²) in [4.78, 5) is 4.74. The largest absolute Gasteiger partial charge is 0.305 e. The van der Waals surface area contributed by atoms with E-state index in [0.29, 0.717) is 0 Å². The van der Waals surface area contributed by atoms with Crippen molar-refractivity contribution < 1.29 is 20.1 Å². The van der Waals surface area contributed by atoms with E-state index < -0.39 is 0 Å². The van der Waals surface area contributed by atoms with Crippen LogP contribution in [0.15, 0.2) is 48.7 Å². The monoisotopic (exact) mass is 583 g/mol. The van der Waals surface area contributed by atoms with Gasteiger partial charge in [-0.25, -0.2) is 0 Å². The second-order valence-electron chi connectivity index (χ2n) is 10.1.